The van der Waals surface area contributed by atoms with Gasteiger partial charge in [-0.1, -0.05) is 13.0 Å². The van der Waals surface area contributed by atoms with Gasteiger partial charge in [-0.2, -0.15) is 0 Å². The van der Waals surface area contributed by atoms with Crippen LogP contribution in [0.25, 0.3) is 0 Å². The normalized spacial score (nSPS) is 10.1. The van der Waals surface area contributed by atoms with Crippen LogP contribution in [0.4, 0.5) is 11.4 Å². The lowest BCUT2D eigenvalue weighted by Gasteiger charge is -2.09. The Bertz CT molecular complexity index is 396. The summed E-state index contributed by atoms with van der Waals surface area (Å²) in [5, 5.41) is 17.3. The van der Waals surface area contributed by atoms with Crippen molar-refractivity contribution in [1.29, 1.82) is 0 Å². The Hall–Kier alpha value is -1.82. The minimum atomic E-state index is -0.425. The molecular weight excluding hydrogens is 234 g/mol. The van der Waals surface area contributed by atoms with Crippen LogP contribution >= 0.6 is 0 Å². The quantitative estimate of drug-likeness (QED) is 0.421. The van der Waals surface area contributed by atoms with E-state index in [1.54, 1.807) is 18.2 Å². The molecule has 6 heteroatoms. The lowest BCUT2D eigenvalue weighted by molar-refractivity contribution is -0.384. The fraction of sp³-hybridized carbons (Fsp3) is 0.500. The predicted octanol–water partition coefficient (Wildman–Crippen LogP) is 2.01. The van der Waals surface area contributed by atoms with Crippen molar-refractivity contribution in [3.63, 3.8) is 0 Å². The third-order valence-corrected chi connectivity index (χ3v) is 2.50. The van der Waals surface area contributed by atoms with Crippen LogP contribution in [0.15, 0.2) is 18.2 Å². The van der Waals surface area contributed by atoms with E-state index in [4.69, 9.17) is 4.74 Å². The summed E-state index contributed by atoms with van der Waals surface area (Å²) >= 11 is 0. The van der Waals surface area contributed by atoms with Crippen molar-refractivity contribution in [1.82, 2.24) is 5.32 Å². The molecular formula is C12H19N3O3. The highest BCUT2D eigenvalue weighted by molar-refractivity contribution is 5.68. The summed E-state index contributed by atoms with van der Waals surface area (Å²) in [6.45, 7) is 4.54. The van der Waals surface area contributed by atoms with Crippen LogP contribution in [0.5, 0.6) is 5.75 Å². The summed E-state index contributed by atoms with van der Waals surface area (Å²) in [4.78, 5) is 10.6. The number of rotatable bonds is 8. The number of para-hydroxylation sites is 1. The number of ether oxygens (including phenoxy) is 1. The molecule has 0 unspecified atom stereocenters. The summed E-state index contributed by atoms with van der Waals surface area (Å²) in [5.74, 6) is 0.275. The highest BCUT2D eigenvalue weighted by Gasteiger charge is 2.19. The number of hydrogen-bond donors (Lipinski definition) is 2. The molecule has 2 N–H and O–H groups in total. The van der Waals surface area contributed by atoms with Crippen molar-refractivity contribution in [3.05, 3.63) is 28.3 Å². The third-order valence-electron chi connectivity index (χ3n) is 2.50. The molecule has 0 heterocycles. The SMILES string of the molecule is CCNCCCNc1cccc(OC)c1[N+](=O)[O-]. The summed E-state index contributed by atoms with van der Waals surface area (Å²) in [6, 6.07) is 5.01. The van der Waals surface area contributed by atoms with Crippen LogP contribution in [0.3, 0.4) is 0 Å². The van der Waals surface area contributed by atoms with E-state index < -0.39 is 4.92 Å². The lowest BCUT2D eigenvalue weighted by atomic mass is 10.2. The zero-order valence-electron chi connectivity index (χ0n) is 10.7. The average molecular weight is 253 g/mol. The molecule has 0 aliphatic heterocycles. The van der Waals surface area contributed by atoms with Gasteiger partial charge in [-0.25, -0.2) is 0 Å². The molecule has 0 aliphatic carbocycles. The zero-order valence-corrected chi connectivity index (χ0v) is 10.7. The first-order chi connectivity index (χ1) is 8.70. The summed E-state index contributed by atoms with van der Waals surface area (Å²) in [5.41, 5.74) is 0.485. The zero-order chi connectivity index (χ0) is 13.4. The molecule has 0 aliphatic rings. The van der Waals surface area contributed by atoms with Crippen molar-refractivity contribution >= 4 is 11.4 Å². The number of nitrogens with one attached hydrogen (secondary N) is 2. The second-order valence-electron chi connectivity index (χ2n) is 3.75. The van der Waals surface area contributed by atoms with Gasteiger partial charge in [-0.15, -0.1) is 0 Å². The number of nitro benzene ring substituents is 1. The van der Waals surface area contributed by atoms with Crippen LogP contribution in [0.2, 0.25) is 0 Å². The van der Waals surface area contributed by atoms with Crippen LogP contribution in [-0.2, 0) is 0 Å². The van der Waals surface area contributed by atoms with Gasteiger partial charge in [0, 0.05) is 6.54 Å². The number of nitro groups is 1. The van der Waals surface area contributed by atoms with Crippen molar-refractivity contribution in [3.8, 4) is 5.75 Å². The number of nitrogens with zero attached hydrogens (tertiary/aromatic N) is 1. The third kappa shape index (κ3) is 3.89. The first-order valence-electron chi connectivity index (χ1n) is 5.96. The van der Waals surface area contributed by atoms with Gasteiger partial charge in [0.15, 0.2) is 5.75 Å². The monoisotopic (exact) mass is 253 g/mol. The Balaban J connectivity index is 2.67. The summed E-state index contributed by atoms with van der Waals surface area (Å²) in [7, 11) is 1.43. The minimum absolute atomic E-state index is 0.0107. The first-order valence-corrected chi connectivity index (χ1v) is 5.96. The maximum Gasteiger partial charge on any atom is 0.333 e. The van der Waals surface area contributed by atoms with Crippen molar-refractivity contribution in [2.45, 2.75) is 13.3 Å². The van der Waals surface area contributed by atoms with Crippen LogP contribution in [0.1, 0.15) is 13.3 Å². The predicted molar refractivity (Wildman–Crippen MR) is 71.3 cm³/mol. The van der Waals surface area contributed by atoms with E-state index >= 15 is 0 Å². The van der Waals surface area contributed by atoms with E-state index in [0.29, 0.717) is 12.2 Å². The highest BCUT2D eigenvalue weighted by atomic mass is 16.6. The lowest BCUT2D eigenvalue weighted by Crippen LogP contribution is -2.17. The summed E-state index contributed by atoms with van der Waals surface area (Å²) in [6.07, 6.45) is 0.905. The van der Waals surface area contributed by atoms with Crippen molar-refractivity contribution < 1.29 is 9.66 Å². The number of benzene rings is 1. The molecule has 0 bridgehead atoms. The molecule has 1 rings (SSSR count). The molecule has 1 aromatic carbocycles. The highest BCUT2D eigenvalue weighted by Crippen LogP contribution is 2.34. The Kier molecular flexibility index (Phi) is 5.93. The van der Waals surface area contributed by atoms with Gasteiger partial charge >= 0.3 is 5.69 Å². The Labute approximate surface area is 106 Å². The average Bonchev–Trinajstić information content (AvgIpc) is 2.37. The topological polar surface area (TPSA) is 76.4 Å². The van der Waals surface area contributed by atoms with E-state index in [1.165, 1.54) is 7.11 Å². The second-order valence-corrected chi connectivity index (χ2v) is 3.75. The number of anilines is 1. The second kappa shape index (κ2) is 7.50. The molecule has 0 aromatic heterocycles. The van der Waals surface area contributed by atoms with Gasteiger partial charge in [0.25, 0.3) is 0 Å². The van der Waals surface area contributed by atoms with Gasteiger partial charge in [-0.05, 0) is 31.6 Å². The van der Waals surface area contributed by atoms with Gasteiger partial charge in [-0.3, -0.25) is 10.1 Å². The Morgan fingerprint density at radius 2 is 2.17 bits per heavy atom. The standard InChI is InChI=1S/C12H19N3O3/c1-3-13-8-5-9-14-10-6-4-7-11(18-2)12(10)15(16)17/h4,6-7,13-14H,3,5,8-9H2,1-2H3. The fourth-order valence-corrected chi connectivity index (χ4v) is 1.63. The maximum atomic E-state index is 11.0. The minimum Gasteiger partial charge on any atom is -0.490 e. The molecule has 18 heavy (non-hydrogen) atoms. The molecule has 0 fully saturated rings. The molecule has 0 atom stereocenters. The van der Waals surface area contributed by atoms with E-state index in [0.717, 1.165) is 19.5 Å². The van der Waals surface area contributed by atoms with Gasteiger partial charge < -0.3 is 15.4 Å². The molecule has 0 amide bonds. The van der Waals surface area contributed by atoms with E-state index in [9.17, 15) is 10.1 Å². The number of hydrogen-bond acceptors (Lipinski definition) is 5. The molecule has 0 saturated carbocycles. The van der Waals surface area contributed by atoms with E-state index in [2.05, 4.69) is 10.6 Å². The smallest absolute Gasteiger partial charge is 0.333 e. The van der Waals surface area contributed by atoms with Crippen LogP contribution in [-0.4, -0.2) is 31.7 Å². The van der Waals surface area contributed by atoms with E-state index in [1.807, 2.05) is 6.92 Å². The largest absolute Gasteiger partial charge is 0.490 e. The van der Waals surface area contributed by atoms with Crippen LogP contribution in [0, 0.1) is 10.1 Å². The molecule has 0 spiro atoms. The molecule has 0 radical (unpaired) electrons. The molecule has 1 aromatic rings. The Morgan fingerprint density at radius 3 is 2.78 bits per heavy atom. The van der Waals surface area contributed by atoms with Crippen molar-refractivity contribution in [2.24, 2.45) is 0 Å². The summed E-state index contributed by atoms with van der Waals surface area (Å²) < 4.78 is 5.00. The molecule has 100 valence electrons. The van der Waals surface area contributed by atoms with Crippen LogP contribution < -0.4 is 15.4 Å². The van der Waals surface area contributed by atoms with Crippen molar-refractivity contribution in [2.75, 3.05) is 32.1 Å². The van der Waals surface area contributed by atoms with E-state index in [-0.39, 0.29) is 11.4 Å². The van der Waals surface area contributed by atoms with Gasteiger partial charge in [0.2, 0.25) is 0 Å². The fourth-order valence-electron chi connectivity index (χ4n) is 1.63. The Morgan fingerprint density at radius 1 is 1.39 bits per heavy atom. The van der Waals surface area contributed by atoms with Gasteiger partial charge in [0.05, 0.1) is 12.0 Å². The number of methoxy groups -OCH3 is 1. The first kappa shape index (κ1) is 14.2. The molecule has 0 saturated heterocycles. The maximum absolute atomic E-state index is 11.0. The van der Waals surface area contributed by atoms with Gasteiger partial charge in [0.1, 0.15) is 5.69 Å². The molecule has 6 nitrogen and oxygen atoms in total.